The van der Waals surface area contributed by atoms with E-state index in [-0.39, 0.29) is 16.8 Å². The molecule has 2 rings (SSSR count). The van der Waals surface area contributed by atoms with Gasteiger partial charge in [0.25, 0.3) is 5.91 Å². The number of rotatable bonds is 7. The molecule has 0 saturated carbocycles. The number of carbonyl (C=O) groups is 3. The molecule has 0 bridgehead atoms. The van der Waals surface area contributed by atoms with Gasteiger partial charge < -0.3 is 19.5 Å². The van der Waals surface area contributed by atoms with Crippen LogP contribution in [0.25, 0.3) is 0 Å². The summed E-state index contributed by atoms with van der Waals surface area (Å²) in [7, 11) is 2.46. The van der Waals surface area contributed by atoms with E-state index in [4.69, 9.17) is 14.2 Å². The number of nitrogens with one attached hydrogen (secondary N) is 1. The van der Waals surface area contributed by atoms with Crippen molar-refractivity contribution < 1.29 is 28.6 Å². The molecule has 7 heteroatoms. The first kappa shape index (κ1) is 21.0. The highest BCUT2D eigenvalue weighted by atomic mass is 16.5. The van der Waals surface area contributed by atoms with E-state index in [2.05, 4.69) is 5.32 Å². The molecule has 0 radical (unpaired) electrons. The zero-order chi connectivity index (χ0) is 20.7. The van der Waals surface area contributed by atoms with Crippen LogP contribution in [0.3, 0.4) is 0 Å². The van der Waals surface area contributed by atoms with Gasteiger partial charge in [-0.05, 0) is 43.7 Å². The van der Waals surface area contributed by atoms with Crippen LogP contribution in [0.15, 0.2) is 42.5 Å². The zero-order valence-electron chi connectivity index (χ0n) is 16.3. The summed E-state index contributed by atoms with van der Waals surface area (Å²) < 4.78 is 15.1. The topological polar surface area (TPSA) is 90.9 Å². The van der Waals surface area contributed by atoms with Crippen molar-refractivity contribution in [3.63, 3.8) is 0 Å². The normalized spacial score (nSPS) is 11.3. The number of hydrogen-bond acceptors (Lipinski definition) is 6. The fraction of sp³-hybridized carbons (Fsp3) is 0.286. The number of esters is 2. The van der Waals surface area contributed by atoms with Crippen molar-refractivity contribution in [2.24, 2.45) is 0 Å². The Labute approximate surface area is 163 Å². The van der Waals surface area contributed by atoms with Gasteiger partial charge in [0, 0.05) is 5.69 Å². The molecule has 7 nitrogen and oxygen atoms in total. The largest absolute Gasteiger partial charge is 0.481 e. The van der Waals surface area contributed by atoms with Crippen molar-refractivity contribution in [3.8, 4) is 5.75 Å². The smallest absolute Gasteiger partial charge is 0.337 e. The lowest BCUT2D eigenvalue weighted by molar-refractivity contribution is -0.122. The van der Waals surface area contributed by atoms with Crippen LogP contribution < -0.4 is 10.1 Å². The van der Waals surface area contributed by atoms with Crippen molar-refractivity contribution in [3.05, 3.63) is 59.2 Å². The van der Waals surface area contributed by atoms with Crippen LogP contribution in [0, 0.1) is 6.92 Å². The fourth-order valence-corrected chi connectivity index (χ4v) is 2.50. The van der Waals surface area contributed by atoms with Crippen LogP contribution in [0.5, 0.6) is 5.75 Å². The number of benzene rings is 2. The Morgan fingerprint density at radius 2 is 1.46 bits per heavy atom. The van der Waals surface area contributed by atoms with E-state index in [1.54, 1.807) is 12.1 Å². The molecule has 1 atom stereocenters. The average Bonchev–Trinajstić information content (AvgIpc) is 2.71. The molecule has 1 amide bonds. The summed E-state index contributed by atoms with van der Waals surface area (Å²) in [6.45, 7) is 3.78. The van der Waals surface area contributed by atoms with Gasteiger partial charge in [0.15, 0.2) is 6.10 Å². The molecule has 0 heterocycles. The predicted octanol–water partition coefficient (Wildman–Crippen LogP) is 3.36. The summed E-state index contributed by atoms with van der Waals surface area (Å²) in [6.07, 6.45) is -0.314. The maximum Gasteiger partial charge on any atom is 0.337 e. The van der Waals surface area contributed by atoms with E-state index in [1.165, 1.54) is 32.4 Å². The molecular weight excluding hydrogens is 362 g/mol. The van der Waals surface area contributed by atoms with E-state index >= 15 is 0 Å². The Balaban J connectivity index is 2.23. The van der Waals surface area contributed by atoms with E-state index in [0.29, 0.717) is 12.2 Å². The first-order valence-corrected chi connectivity index (χ1v) is 8.73. The third-order valence-corrected chi connectivity index (χ3v) is 4.01. The number of aryl methyl sites for hydroxylation is 1. The van der Waals surface area contributed by atoms with Crippen molar-refractivity contribution in [2.75, 3.05) is 19.5 Å². The SMILES string of the molecule is CC[C@@H](Oc1ccc(C)cc1)C(=O)Nc1cc(C(=O)OC)cc(C(=O)OC)c1. The van der Waals surface area contributed by atoms with Gasteiger partial charge in [0.05, 0.1) is 25.3 Å². The van der Waals surface area contributed by atoms with Crippen LogP contribution in [-0.4, -0.2) is 38.2 Å². The van der Waals surface area contributed by atoms with Crippen LogP contribution in [-0.2, 0) is 14.3 Å². The van der Waals surface area contributed by atoms with Gasteiger partial charge >= 0.3 is 11.9 Å². The molecule has 0 fully saturated rings. The molecule has 1 N–H and O–H groups in total. The number of hydrogen-bond donors (Lipinski definition) is 1. The molecule has 0 aliphatic heterocycles. The second kappa shape index (κ2) is 9.55. The fourth-order valence-electron chi connectivity index (χ4n) is 2.50. The molecule has 2 aromatic carbocycles. The highest BCUT2D eigenvalue weighted by molar-refractivity contribution is 6.00. The Kier molecular flexibility index (Phi) is 7.14. The molecule has 0 aliphatic carbocycles. The third-order valence-electron chi connectivity index (χ3n) is 4.01. The maximum absolute atomic E-state index is 12.6. The van der Waals surface area contributed by atoms with E-state index in [0.717, 1.165) is 5.56 Å². The van der Waals surface area contributed by atoms with Gasteiger partial charge in [0.2, 0.25) is 0 Å². The van der Waals surface area contributed by atoms with Crippen molar-refractivity contribution in [2.45, 2.75) is 26.4 Å². The third kappa shape index (κ3) is 5.33. The molecule has 28 heavy (non-hydrogen) atoms. The summed E-state index contributed by atoms with van der Waals surface area (Å²) >= 11 is 0. The summed E-state index contributed by atoms with van der Waals surface area (Å²) in [5.41, 5.74) is 1.58. The summed E-state index contributed by atoms with van der Waals surface area (Å²) in [4.78, 5) is 36.4. The second-order valence-electron chi connectivity index (χ2n) is 6.10. The van der Waals surface area contributed by atoms with Gasteiger partial charge in [-0.2, -0.15) is 0 Å². The average molecular weight is 385 g/mol. The number of methoxy groups -OCH3 is 2. The molecule has 0 unspecified atom stereocenters. The van der Waals surface area contributed by atoms with E-state index < -0.39 is 23.9 Å². The minimum atomic E-state index is -0.744. The van der Waals surface area contributed by atoms with E-state index in [1.807, 2.05) is 26.0 Å². The van der Waals surface area contributed by atoms with Crippen LogP contribution in [0.4, 0.5) is 5.69 Å². The van der Waals surface area contributed by atoms with Gasteiger partial charge in [-0.3, -0.25) is 4.79 Å². The predicted molar refractivity (Wildman–Crippen MR) is 104 cm³/mol. The lowest BCUT2D eigenvalue weighted by Gasteiger charge is -2.18. The summed E-state index contributed by atoms with van der Waals surface area (Å²) in [6, 6.07) is 11.6. The standard InChI is InChI=1S/C21H23NO6/c1-5-18(28-17-8-6-13(2)7-9-17)19(23)22-16-11-14(20(24)26-3)10-15(12-16)21(25)27-4/h6-12,18H,5H2,1-4H3,(H,22,23)/t18-/m1/s1. The Morgan fingerprint density at radius 1 is 0.929 bits per heavy atom. The number of amides is 1. The van der Waals surface area contributed by atoms with Crippen LogP contribution in [0.1, 0.15) is 39.6 Å². The zero-order valence-corrected chi connectivity index (χ0v) is 16.3. The van der Waals surface area contributed by atoms with Gasteiger partial charge in [-0.1, -0.05) is 24.6 Å². The van der Waals surface area contributed by atoms with E-state index in [9.17, 15) is 14.4 Å². The monoisotopic (exact) mass is 385 g/mol. The molecule has 0 spiro atoms. The minimum Gasteiger partial charge on any atom is -0.481 e. The summed E-state index contributed by atoms with van der Waals surface area (Å²) in [5.74, 6) is -1.10. The van der Waals surface area contributed by atoms with Crippen molar-refractivity contribution >= 4 is 23.5 Å². The Hall–Kier alpha value is -3.35. The first-order valence-electron chi connectivity index (χ1n) is 8.73. The molecule has 0 aliphatic rings. The maximum atomic E-state index is 12.6. The summed E-state index contributed by atoms with van der Waals surface area (Å²) in [5, 5.41) is 2.68. The number of anilines is 1. The number of ether oxygens (including phenoxy) is 3. The Morgan fingerprint density at radius 3 is 1.93 bits per heavy atom. The van der Waals surface area contributed by atoms with Gasteiger partial charge in [0.1, 0.15) is 5.75 Å². The highest BCUT2D eigenvalue weighted by Gasteiger charge is 2.20. The minimum absolute atomic E-state index is 0.119. The lowest BCUT2D eigenvalue weighted by atomic mass is 10.1. The Bertz CT molecular complexity index is 825. The van der Waals surface area contributed by atoms with Crippen molar-refractivity contribution in [1.82, 2.24) is 0 Å². The molecule has 2 aromatic rings. The molecular formula is C21H23NO6. The first-order chi connectivity index (χ1) is 13.4. The van der Waals surface area contributed by atoms with Crippen molar-refractivity contribution in [1.29, 1.82) is 0 Å². The van der Waals surface area contributed by atoms with Gasteiger partial charge in [-0.15, -0.1) is 0 Å². The second-order valence-corrected chi connectivity index (χ2v) is 6.10. The molecule has 0 saturated heterocycles. The highest BCUT2D eigenvalue weighted by Crippen LogP contribution is 2.19. The van der Waals surface area contributed by atoms with Crippen LogP contribution in [0.2, 0.25) is 0 Å². The lowest BCUT2D eigenvalue weighted by Crippen LogP contribution is -2.32. The quantitative estimate of drug-likeness (QED) is 0.735. The number of carbonyl (C=O) groups excluding carboxylic acids is 3. The molecule has 0 aromatic heterocycles. The van der Waals surface area contributed by atoms with Gasteiger partial charge in [-0.25, -0.2) is 9.59 Å². The molecule has 148 valence electrons. The van der Waals surface area contributed by atoms with Crippen LogP contribution >= 0.6 is 0 Å².